The third-order valence-corrected chi connectivity index (χ3v) is 6.55. The molecule has 3 aromatic rings. The van der Waals surface area contributed by atoms with Gasteiger partial charge >= 0.3 is 0 Å². The summed E-state index contributed by atoms with van der Waals surface area (Å²) in [7, 11) is 0. The summed E-state index contributed by atoms with van der Waals surface area (Å²) >= 11 is 5.90. The average Bonchev–Trinajstić information content (AvgIpc) is 3.16. The van der Waals surface area contributed by atoms with Gasteiger partial charge in [0.1, 0.15) is 16.9 Å². The summed E-state index contributed by atoms with van der Waals surface area (Å²) in [5.74, 6) is -1.99. The Labute approximate surface area is 217 Å². The number of nitro groups is 1. The molecule has 0 N–H and O–H groups in total. The average molecular weight is 524 g/mol. The Kier molecular flexibility index (Phi) is 7.35. The predicted molar refractivity (Wildman–Crippen MR) is 136 cm³/mol. The van der Waals surface area contributed by atoms with Gasteiger partial charge in [0.25, 0.3) is 17.5 Å². The minimum atomic E-state index is -1.16. The highest BCUT2D eigenvalue weighted by atomic mass is 35.5. The van der Waals surface area contributed by atoms with E-state index in [4.69, 9.17) is 11.6 Å². The van der Waals surface area contributed by atoms with Crippen LogP contribution >= 0.6 is 11.6 Å². The van der Waals surface area contributed by atoms with E-state index < -0.39 is 40.2 Å². The van der Waals surface area contributed by atoms with E-state index in [1.165, 1.54) is 41.3 Å². The first kappa shape index (κ1) is 26.0. The number of benzene rings is 3. The third-order valence-electron chi connectivity index (χ3n) is 6.23. The molecule has 3 aromatic carbocycles. The van der Waals surface area contributed by atoms with Crippen LogP contribution < -0.4 is 4.90 Å². The topological polar surface area (TPSA) is 101 Å². The first-order valence-electron chi connectivity index (χ1n) is 11.5. The summed E-state index contributed by atoms with van der Waals surface area (Å²) in [5, 5.41) is 11.2. The van der Waals surface area contributed by atoms with Crippen LogP contribution in [0.4, 0.5) is 15.8 Å². The van der Waals surface area contributed by atoms with Gasteiger partial charge in [0.2, 0.25) is 5.91 Å². The highest BCUT2D eigenvalue weighted by molar-refractivity contribution is 6.32. The zero-order chi connectivity index (χ0) is 26.9. The Morgan fingerprint density at radius 1 is 1.11 bits per heavy atom. The van der Waals surface area contributed by atoms with E-state index in [2.05, 4.69) is 0 Å². The van der Waals surface area contributed by atoms with Gasteiger partial charge in [-0.15, -0.1) is 0 Å². The molecule has 1 aliphatic rings. The smallest absolute Gasteiger partial charge is 0.288 e. The fraction of sp³-hybridized carbons (Fsp3) is 0.222. The largest absolute Gasteiger partial charge is 0.322 e. The molecule has 1 atom stereocenters. The van der Waals surface area contributed by atoms with Crippen molar-refractivity contribution in [1.29, 1.82) is 0 Å². The summed E-state index contributed by atoms with van der Waals surface area (Å²) in [4.78, 5) is 53.0. The SMILES string of the molecule is CC(C)c1ccc(N2C(=O)CC(N(Cc3ccc(F)cc3)C(=O)c3ccc(Cl)c([N+](=O)[O-])c3)C2=O)cc1. The third kappa shape index (κ3) is 5.36. The monoisotopic (exact) mass is 523 g/mol. The molecule has 0 radical (unpaired) electrons. The molecule has 1 aliphatic heterocycles. The molecule has 0 aromatic heterocycles. The molecule has 0 aliphatic carbocycles. The van der Waals surface area contributed by atoms with Crippen molar-refractivity contribution < 1.29 is 23.7 Å². The van der Waals surface area contributed by atoms with E-state index in [0.29, 0.717) is 11.3 Å². The lowest BCUT2D eigenvalue weighted by Crippen LogP contribution is -2.45. The lowest BCUT2D eigenvalue weighted by atomic mass is 10.0. The van der Waals surface area contributed by atoms with Crippen molar-refractivity contribution in [2.75, 3.05) is 4.90 Å². The van der Waals surface area contributed by atoms with Crippen LogP contribution in [-0.2, 0) is 16.1 Å². The van der Waals surface area contributed by atoms with Crippen molar-refractivity contribution in [2.45, 2.75) is 38.8 Å². The van der Waals surface area contributed by atoms with Crippen molar-refractivity contribution in [1.82, 2.24) is 4.90 Å². The Morgan fingerprint density at radius 3 is 2.35 bits per heavy atom. The standard InChI is InChI=1S/C27H23ClFN3O5/c1-16(2)18-5-10-21(11-6-18)31-25(33)14-24(27(31)35)30(15-17-3-8-20(29)9-4-17)26(34)19-7-12-22(28)23(13-19)32(36)37/h3-13,16,24H,14-15H2,1-2H3. The summed E-state index contributed by atoms with van der Waals surface area (Å²) in [6, 6.07) is 14.8. The van der Waals surface area contributed by atoms with Crippen LogP contribution in [0.1, 0.15) is 47.7 Å². The molecule has 4 rings (SSSR count). The van der Waals surface area contributed by atoms with E-state index in [1.54, 1.807) is 12.1 Å². The molecule has 37 heavy (non-hydrogen) atoms. The first-order chi connectivity index (χ1) is 17.6. The Morgan fingerprint density at radius 2 is 1.76 bits per heavy atom. The van der Waals surface area contributed by atoms with Crippen LogP contribution in [0.25, 0.3) is 0 Å². The van der Waals surface area contributed by atoms with E-state index >= 15 is 0 Å². The molecule has 8 nitrogen and oxygen atoms in total. The normalized spacial score (nSPS) is 15.4. The quantitative estimate of drug-likeness (QED) is 0.232. The highest BCUT2D eigenvalue weighted by Gasteiger charge is 2.44. The van der Waals surface area contributed by atoms with Gasteiger partial charge in [-0.25, -0.2) is 9.29 Å². The highest BCUT2D eigenvalue weighted by Crippen LogP contribution is 2.31. The number of anilines is 1. The molecule has 0 spiro atoms. The van der Waals surface area contributed by atoms with Crippen molar-refractivity contribution in [2.24, 2.45) is 0 Å². The zero-order valence-electron chi connectivity index (χ0n) is 20.1. The second-order valence-electron chi connectivity index (χ2n) is 9.02. The maximum atomic E-state index is 13.6. The number of rotatable bonds is 7. The molecule has 0 saturated carbocycles. The van der Waals surface area contributed by atoms with E-state index in [1.807, 2.05) is 26.0 Å². The summed E-state index contributed by atoms with van der Waals surface area (Å²) in [6.45, 7) is 3.92. The van der Waals surface area contributed by atoms with Gasteiger partial charge in [-0.3, -0.25) is 24.5 Å². The van der Waals surface area contributed by atoms with Gasteiger partial charge < -0.3 is 4.90 Å². The van der Waals surface area contributed by atoms with Crippen molar-refractivity contribution in [3.05, 3.63) is 104 Å². The van der Waals surface area contributed by atoms with Crippen LogP contribution in [-0.4, -0.2) is 33.6 Å². The molecule has 1 fully saturated rings. The summed E-state index contributed by atoms with van der Waals surface area (Å²) in [6.07, 6.45) is -0.270. The molecule has 0 bridgehead atoms. The van der Waals surface area contributed by atoms with Crippen LogP contribution in [0.2, 0.25) is 5.02 Å². The predicted octanol–water partition coefficient (Wildman–Crippen LogP) is 5.49. The summed E-state index contributed by atoms with van der Waals surface area (Å²) < 4.78 is 13.5. The van der Waals surface area contributed by atoms with E-state index in [-0.39, 0.29) is 29.5 Å². The lowest BCUT2D eigenvalue weighted by molar-refractivity contribution is -0.384. The molecular weight excluding hydrogens is 501 g/mol. The maximum Gasteiger partial charge on any atom is 0.288 e. The number of hydrogen-bond acceptors (Lipinski definition) is 5. The minimum Gasteiger partial charge on any atom is -0.322 e. The fourth-order valence-corrected chi connectivity index (χ4v) is 4.39. The van der Waals surface area contributed by atoms with Gasteiger partial charge in [-0.05, 0) is 53.4 Å². The van der Waals surface area contributed by atoms with Gasteiger partial charge in [0.15, 0.2) is 0 Å². The first-order valence-corrected chi connectivity index (χ1v) is 11.9. The number of halogens is 2. The number of imide groups is 1. The Bertz CT molecular complexity index is 1380. The molecule has 1 heterocycles. The fourth-order valence-electron chi connectivity index (χ4n) is 4.20. The number of nitrogens with zero attached hydrogens (tertiary/aromatic N) is 3. The van der Waals surface area contributed by atoms with Crippen LogP contribution in [0.3, 0.4) is 0 Å². The van der Waals surface area contributed by atoms with Crippen LogP contribution in [0.15, 0.2) is 66.7 Å². The minimum absolute atomic E-state index is 0.0711. The second-order valence-corrected chi connectivity index (χ2v) is 9.42. The second kappa shape index (κ2) is 10.5. The molecular formula is C27H23ClFN3O5. The Hall–Kier alpha value is -4.11. The molecule has 10 heteroatoms. The van der Waals surface area contributed by atoms with Crippen LogP contribution in [0, 0.1) is 15.9 Å². The number of nitro benzene ring substituents is 1. The Balaban J connectivity index is 1.71. The van der Waals surface area contributed by atoms with E-state index in [0.717, 1.165) is 16.5 Å². The lowest BCUT2D eigenvalue weighted by Gasteiger charge is -2.28. The summed E-state index contributed by atoms with van der Waals surface area (Å²) in [5.41, 5.74) is 1.40. The molecule has 190 valence electrons. The van der Waals surface area contributed by atoms with Gasteiger partial charge in [-0.2, -0.15) is 0 Å². The molecule has 1 saturated heterocycles. The van der Waals surface area contributed by atoms with Gasteiger partial charge in [0.05, 0.1) is 17.0 Å². The molecule has 1 unspecified atom stereocenters. The number of hydrogen-bond donors (Lipinski definition) is 0. The van der Waals surface area contributed by atoms with Gasteiger partial charge in [-0.1, -0.05) is 49.7 Å². The number of carbonyl (C=O) groups excluding carboxylic acids is 3. The zero-order valence-corrected chi connectivity index (χ0v) is 20.8. The van der Waals surface area contributed by atoms with E-state index in [9.17, 15) is 28.9 Å². The van der Waals surface area contributed by atoms with Crippen LogP contribution in [0.5, 0.6) is 0 Å². The van der Waals surface area contributed by atoms with Crippen molar-refractivity contribution in [3.63, 3.8) is 0 Å². The number of carbonyl (C=O) groups is 3. The van der Waals surface area contributed by atoms with Crippen molar-refractivity contribution in [3.8, 4) is 0 Å². The molecule has 3 amide bonds. The number of amides is 3. The maximum absolute atomic E-state index is 13.6. The van der Waals surface area contributed by atoms with Gasteiger partial charge in [0, 0.05) is 18.2 Å². The van der Waals surface area contributed by atoms with Crippen molar-refractivity contribution >= 4 is 40.7 Å².